The fourth-order valence-corrected chi connectivity index (χ4v) is 3.26. The summed E-state index contributed by atoms with van der Waals surface area (Å²) >= 11 is 5.94. The van der Waals surface area contributed by atoms with E-state index < -0.39 is 0 Å². The Morgan fingerprint density at radius 3 is 3.10 bits per heavy atom. The van der Waals surface area contributed by atoms with E-state index in [9.17, 15) is 0 Å². The van der Waals surface area contributed by atoms with E-state index in [1.165, 1.54) is 23.9 Å². The Kier molecular flexibility index (Phi) is 4.27. The van der Waals surface area contributed by atoms with E-state index in [4.69, 9.17) is 21.3 Å². The van der Waals surface area contributed by atoms with Crippen LogP contribution in [0, 0.1) is 12.8 Å². The summed E-state index contributed by atoms with van der Waals surface area (Å²) in [5, 5.41) is 0. The van der Waals surface area contributed by atoms with E-state index in [1.807, 2.05) is 0 Å². The van der Waals surface area contributed by atoms with Crippen molar-refractivity contribution in [2.45, 2.75) is 32.7 Å². The Morgan fingerprint density at radius 2 is 2.35 bits per heavy atom. The van der Waals surface area contributed by atoms with Crippen molar-refractivity contribution in [3.05, 3.63) is 29.6 Å². The standard InChI is InChI=1S/C16H21ClN2O/c1-12-4-2-6-14-16(12)19(15(18-14)7-8-17)10-13-5-3-9-20-11-13/h2,4,6,13H,3,5,7-11H2,1H3. The number of halogens is 1. The van der Waals surface area contributed by atoms with Gasteiger partial charge in [0.25, 0.3) is 0 Å². The van der Waals surface area contributed by atoms with Gasteiger partial charge in [-0.25, -0.2) is 4.98 Å². The summed E-state index contributed by atoms with van der Waals surface area (Å²) in [6, 6.07) is 6.32. The van der Waals surface area contributed by atoms with Crippen LogP contribution >= 0.6 is 11.6 Å². The van der Waals surface area contributed by atoms with Crippen LogP contribution in [0.15, 0.2) is 18.2 Å². The third kappa shape index (κ3) is 2.70. The normalized spacial score (nSPS) is 19.6. The Balaban J connectivity index is 1.98. The highest BCUT2D eigenvalue weighted by molar-refractivity contribution is 6.17. The summed E-state index contributed by atoms with van der Waals surface area (Å²) in [6.07, 6.45) is 3.23. The number of rotatable bonds is 4. The summed E-state index contributed by atoms with van der Waals surface area (Å²) in [6.45, 7) is 4.93. The molecule has 1 fully saturated rings. The first-order valence-corrected chi connectivity index (χ1v) is 7.91. The predicted octanol–water partition coefficient (Wildman–Crippen LogP) is 3.55. The number of benzene rings is 1. The highest BCUT2D eigenvalue weighted by atomic mass is 35.5. The van der Waals surface area contributed by atoms with Gasteiger partial charge in [-0.2, -0.15) is 0 Å². The van der Waals surface area contributed by atoms with Crippen LogP contribution in [0.3, 0.4) is 0 Å². The quantitative estimate of drug-likeness (QED) is 0.806. The topological polar surface area (TPSA) is 27.1 Å². The molecule has 1 aromatic carbocycles. The number of ether oxygens (including phenoxy) is 1. The van der Waals surface area contributed by atoms with Gasteiger partial charge in [0.1, 0.15) is 5.82 Å². The van der Waals surface area contributed by atoms with Gasteiger partial charge in [-0.1, -0.05) is 12.1 Å². The molecule has 0 saturated carbocycles. The van der Waals surface area contributed by atoms with Crippen molar-refractivity contribution in [2.75, 3.05) is 19.1 Å². The van der Waals surface area contributed by atoms with Crippen LogP contribution in [0.2, 0.25) is 0 Å². The van der Waals surface area contributed by atoms with Crippen molar-refractivity contribution in [1.29, 1.82) is 0 Å². The average molecular weight is 293 g/mol. The smallest absolute Gasteiger partial charge is 0.111 e. The van der Waals surface area contributed by atoms with Gasteiger partial charge in [-0.15, -0.1) is 11.6 Å². The molecule has 1 atom stereocenters. The Morgan fingerprint density at radius 1 is 1.45 bits per heavy atom. The van der Waals surface area contributed by atoms with E-state index in [0.29, 0.717) is 11.8 Å². The lowest BCUT2D eigenvalue weighted by molar-refractivity contribution is 0.0485. The molecule has 2 heterocycles. The monoisotopic (exact) mass is 292 g/mol. The number of hydrogen-bond acceptors (Lipinski definition) is 2. The number of fused-ring (bicyclic) bond motifs is 1. The molecule has 1 saturated heterocycles. The third-order valence-corrected chi connectivity index (χ3v) is 4.25. The van der Waals surface area contributed by atoms with Crippen molar-refractivity contribution < 1.29 is 4.74 Å². The molecular weight excluding hydrogens is 272 g/mol. The first-order valence-electron chi connectivity index (χ1n) is 7.38. The minimum Gasteiger partial charge on any atom is -0.381 e. The molecule has 0 spiro atoms. The van der Waals surface area contributed by atoms with E-state index in [1.54, 1.807) is 0 Å². The first kappa shape index (κ1) is 13.9. The lowest BCUT2D eigenvalue weighted by atomic mass is 10.0. The highest BCUT2D eigenvalue weighted by Crippen LogP contribution is 2.24. The molecule has 1 aliphatic rings. The molecule has 20 heavy (non-hydrogen) atoms. The molecule has 0 amide bonds. The van der Waals surface area contributed by atoms with Crippen LogP contribution in [-0.4, -0.2) is 28.6 Å². The maximum atomic E-state index is 5.94. The van der Waals surface area contributed by atoms with Gasteiger partial charge in [0, 0.05) is 31.4 Å². The summed E-state index contributed by atoms with van der Waals surface area (Å²) < 4.78 is 7.98. The number of hydrogen-bond donors (Lipinski definition) is 0. The van der Waals surface area contributed by atoms with Crippen molar-refractivity contribution in [2.24, 2.45) is 5.92 Å². The largest absolute Gasteiger partial charge is 0.381 e. The molecule has 1 aromatic heterocycles. The lowest BCUT2D eigenvalue weighted by Gasteiger charge is -2.23. The zero-order valence-electron chi connectivity index (χ0n) is 11.9. The number of alkyl halides is 1. The second-order valence-electron chi connectivity index (χ2n) is 5.60. The Hall–Kier alpha value is -1.06. The molecule has 0 radical (unpaired) electrons. The highest BCUT2D eigenvalue weighted by Gasteiger charge is 2.19. The van der Waals surface area contributed by atoms with Crippen LogP contribution in [-0.2, 0) is 17.7 Å². The lowest BCUT2D eigenvalue weighted by Crippen LogP contribution is -2.23. The Bertz CT molecular complexity index is 587. The zero-order valence-corrected chi connectivity index (χ0v) is 12.7. The number of aromatic nitrogens is 2. The molecule has 4 heteroatoms. The summed E-state index contributed by atoms with van der Waals surface area (Å²) in [4.78, 5) is 4.77. The molecule has 108 valence electrons. The summed E-state index contributed by atoms with van der Waals surface area (Å²) in [7, 11) is 0. The van der Waals surface area contributed by atoms with Crippen LogP contribution in [0.25, 0.3) is 11.0 Å². The Labute approximate surface area is 124 Å². The van der Waals surface area contributed by atoms with E-state index >= 15 is 0 Å². The zero-order chi connectivity index (χ0) is 13.9. The molecule has 0 bridgehead atoms. The third-order valence-electron chi connectivity index (χ3n) is 4.06. The fraction of sp³-hybridized carbons (Fsp3) is 0.562. The minimum absolute atomic E-state index is 0.592. The van der Waals surface area contributed by atoms with Crippen molar-refractivity contribution >= 4 is 22.6 Å². The van der Waals surface area contributed by atoms with Crippen LogP contribution < -0.4 is 0 Å². The molecule has 1 unspecified atom stereocenters. The van der Waals surface area contributed by atoms with E-state index in [2.05, 4.69) is 29.7 Å². The average Bonchev–Trinajstić information content (AvgIpc) is 2.80. The van der Waals surface area contributed by atoms with Crippen molar-refractivity contribution in [3.8, 4) is 0 Å². The molecule has 0 aliphatic carbocycles. The van der Waals surface area contributed by atoms with Gasteiger partial charge in [0.05, 0.1) is 17.6 Å². The second kappa shape index (κ2) is 6.15. The maximum Gasteiger partial charge on any atom is 0.111 e. The summed E-state index contributed by atoms with van der Waals surface area (Å²) in [5.41, 5.74) is 3.63. The number of nitrogens with zero attached hydrogens (tertiary/aromatic N) is 2. The summed E-state index contributed by atoms with van der Waals surface area (Å²) in [5.74, 6) is 2.31. The van der Waals surface area contributed by atoms with Gasteiger partial charge in [-0.05, 0) is 31.4 Å². The minimum atomic E-state index is 0.592. The second-order valence-corrected chi connectivity index (χ2v) is 5.98. The molecule has 3 nitrogen and oxygen atoms in total. The number of aryl methyl sites for hydroxylation is 2. The fourth-order valence-electron chi connectivity index (χ4n) is 3.09. The number of para-hydroxylation sites is 1. The molecule has 2 aromatic rings. The van der Waals surface area contributed by atoms with Gasteiger partial charge in [0.15, 0.2) is 0 Å². The first-order chi connectivity index (χ1) is 9.79. The SMILES string of the molecule is Cc1cccc2nc(CCCl)n(CC3CCCOC3)c12. The molecule has 3 rings (SSSR count). The van der Waals surface area contributed by atoms with Gasteiger partial charge in [-0.3, -0.25) is 0 Å². The molecule has 1 aliphatic heterocycles. The van der Waals surface area contributed by atoms with Gasteiger partial charge >= 0.3 is 0 Å². The number of imidazole rings is 1. The molecule has 0 N–H and O–H groups in total. The van der Waals surface area contributed by atoms with Crippen molar-refractivity contribution in [3.63, 3.8) is 0 Å². The van der Waals surface area contributed by atoms with Crippen molar-refractivity contribution in [1.82, 2.24) is 9.55 Å². The van der Waals surface area contributed by atoms with E-state index in [-0.39, 0.29) is 0 Å². The molecular formula is C16H21ClN2O. The van der Waals surface area contributed by atoms with Gasteiger partial charge < -0.3 is 9.30 Å². The van der Waals surface area contributed by atoms with Crippen LogP contribution in [0.5, 0.6) is 0 Å². The van der Waals surface area contributed by atoms with Crippen LogP contribution in [0.1, 0.15) is 24.2 Å². The maximum absolute atomic E-state index is 5.94. The van der Waals surface area contributed by atoms with E-state index in [0.717, 1.165) is 37.5 Å². The van der Waals surface area contributed by atoms with Gasteiger partial charge in [0.2, 0.25) is 0 Å². The predicted molar refractivity (Wildman–Crippen MR) is 82.4 cm³/mol. The van der Waals surface area contributed by atoms with Crippen LogP contribution in [0.4, 0.5) is 0 Å².